The summed E-state index contributed by atoms with van der Waals surface area (Å²) in [4.78, 5) is 24.7. The Kier molecular flexibility index (Phi) is 6.80. The Balaban J connectivity index is 1.54. The summed E-state index contributed by atoms with van der Waals surface area (Å²) in [6, 6.07) is 11.9. The zero-order valence-corrected chi connectivity index (χ0v) is 16.3. The predicted octanol–water partition coefficient (Wildman–Crippen LogP) is 4.77. The van der Waals surface area contributed by atoms with Crippen molar-refractivity contribution in [2.24, 2.45) is 0 Å². The third-order valence-corrected chi connectivity index (χ3v) is 5.23. The topological polar surface area (TPSA) is 58.2 Å². The number of halogens is 1. The van der Waals surface area contributed by atoms with Gasteiger partial charge in [-0.1, -0.05) is 31.4 Å². The van der Waals surface area contributed by atoms with Crippen molar-refractivity contribution in [1.29, 1.82) is 0 Å². The molecule has 0 radical (unpaired) electrons. The summed E-state index contributed by atoms with van der Waals surface area (Å²) < 4.78 is 13.2. The third kappa shape index (κ3) is 5.65. The van der Waals surface area contributed by atoms with E-state index in [1.165, 1.54) is 31.4 Å². The Hall–Kier alpha value is -2.69. The normalized spacial score (nSPS) is 14.5. The van der Waals surface area contributed by atoms with Gasteiger partial charge < -0.3 is 10.6 Å². The highest BCUT2D eigenvalue weighted by atomic mass is 19.1. The van der Waals surface area contributed by atoms with E-state index in [9.17, 15) is 14.0 Å². The van der Waals surface area contributed by atoms with E-state index in [-0.39, 0.29) is 30.1 Å². The van der Waals surface area contributed by atoms with Gasteiger partial charge in [-0.3, -0.25) is 9.59 Å². The molecular formula is C23H27FN2O2. The van der Waals surface area contributed by atoms with E-state index in [0.717, 1.165) is 24.0 Å². The first-order chi connectivity index (χ1) is 13.5. The number of hydrogen-bond acceptors (Lipinski definition) is 2. The van der Waals surface area contributed by atoms with Gasteiger partial charge in [0.1, 0.15) is 5.82 Å². The number of amides is 2. The van der Waals surface area contributed by atoms with Gasteiger partial charge >= 0.3 is 0 Å². The lowest BCUT2D eigenvalue weighted by molar-refractivity contribution is -0.116. The highest BCUT2D eigenvalue weighted by Gasteiger charge is 2.17. The number of aryl methyl sites for hydroxylation is 2. The largest absolute Gasteiger partial charge is 0.349 e. The summed E-state index contributed by atoms with van der Waals surface area (Å²) in [6.07, 6.45) is 6.43. The van der Waals surface area contributed by atoms with Crippen molar-refractivity contribution < 1.29 is 14.0 Å². The van der Waals surface area contributed by atoms with Crippen LogP contribution in [0.4, 0.5) is 10.1 Å². The number of rotatable bonds is 6. The zero-order chi connectivity index (χ0) is 19.9. The molecule has 1 saturated carbocycles. The van der Waals surface area contributed by atoms with Gasteiger partial charge in [-0.2, -0.15) is 0 Å². The second-order valence-corrected chi connectivity index (χ2v) is 7.52. The molecule has 2 aromatic carbocycles. The molecule has 0 unspecified atom stereocenters. The molecular weight excluding hydrogens is 355 g/mol. The summed E-state index contributed by atoms with van der Waals surface area (Å²) in [7, 11) is 0. The monoisotopic (exact) mass is 382 g/mol. The van der Waals surface area contributed by atoms with Gasteiger partial charge in [-0.05, 0) is 67.6 Å². The Morgan fingerprint density at radius 3 is 2.57 bits per heavy atom. The maximum atomic E-state index is 13.2. The lowest BCUT2D eigenvalue weighted by atomic mass is 9.95. The molecule has 2 N–H and O–H groups in total. The van der Waals surface area contributed by atoms with Crippen molar-refractivity contribution in [3.8, 4) is 0 Å². The minimum Gasteiger partial charge on any atom is -0.349 e. The van der Waals surface area contributed by atoms with Crippen LogP contribution >= 0.6 is 0 Å². The van der Waals surface area contributed by atoms with E-state index in [0.29, 0.717) is 17.7 Å². The van der Waals surface area contributed by atoms with Crippen LogP contribution in [0.15, 0.2) is 42.5 Å². The van der Waals surface area contributed by atoms with E-state index in [1.54, 1.807) is 30.3 Å². The minimum absolute atomic E-state index is 0.0565. The number of benzene rings is 2. The molecule has 0 aromatic heterocycles. The zero-order valence-electron chi connectivity index (χ0n) is 16.3. The van der Waals surface area contributed by atoms with Crippen LogP contribution in [0.3, 0.4) is 0 Å². The molecule has 4 nitrogen and oxygen atoms in total. The summed E-state index contributed by atoms with van der Waals surface area (Å²) >= 11 is 0. The smallest absolute Gasteiger partial charge is 0.251 e. The highest BCUT2D eigenvalue weighted by molar-refractivity contribution is 5.96. The second-order valence-electron chi connectivity index (χ2n) is 7.52. The quantitative estimate of drug-likeness (QED) is 0.756. The number of anilines is 1. The van der Waals surface area contributed by atoms with Gasteiger partial charge in [0.25, 0.3) is 5.91 Å². The van der Waals surface area contributed by atoms with Crippen LogP contribution in [0.2, 0.25) is 0 Å². The molecule has 5 heteroatoms. The highest BCUT2D eigenvalue weighted by Crippen LogP contribution is 2.20. The number of nitrogens with one attached hydrogen (secondary N) is 2. The van der Waals surface area contributed by atoms with Gasteiger partial charge in [-0.25, -0.2) is 4.39 Å². The lowest BCUT2D eigenvalue weighted by Crippen LogP contribution is -2.36. The van der Waals surface area contributed by atoms with E-state index in [1.807, 2.05) is 6.92 Å². The molecule has 0 atom stereocenters. The van der Waals surface area contributed by atoms with E-state index >= 15 is 0 Å². The fourth-order valence-electron chi connectivity index (χ4n) is 3.62. The SMILES string of the molecule is Cc1cc(C(=O)NC2CCCCC2)ccc1NC(=O)CCc1cccc(F)c1. The van der Waals surface area contributed by atoms with Gasteiger partial charge in [0.2, 0.25) is 5.91 Å². The average Bonchev–Trinajstić information content (AvgIpc) is 2.69. The molecule has 2 aromatic rings. The molecule has 0 aliphatic heterocycles. The molecule has 0 saturated heterocycles. The van der Waals surface area contributed by atoms with Gasteiger partial charge in [0.05, 0.1) is 0 Å². The van der Waals surface area contributed by atoms with Gasteiger partial charge in [0, 0.05) is 23.7 Å². The third-order valence-electron chi connectivity index (χ3n) is 5.23. The molecule has 148 valence electrons. The van der Waals surface area contributed by atoms with Crippen molar-refractivity contribution in [3.05, 3.63) is 65.0 Å². The number of hydrogen-bond donors (Lipinski definition) is 2. The second kappa shape index (κ2) is 9.49. The van der Waals surface area contributed by atoms with E-state index in [2.05, 4.69) is 10.6 Å². The van der Waals surface area contributed by atoms with Crippen molar-refractivity contribution in [1.82, 2.24) is 5.32 Å². The molecule has 1 aliphatic carbocycles. The van der Waals surface area contributed by atoms with E-state index in [4.69, 9.17) is 0 Å². The van der Waals surface area contributed by atoms with E-state index < -0.39 is 0 Å². The molecule has 1 aliphatic rings. The van der Waals surface area contributed by atoms with Gasteiger partial charge in [-0.15, -0.1) is 0 Å². The van der Waals surface area contributed by atoms with Crippen molar-refractivity contribution in [3.63, 3.8) is 0 Å². The van der Waals surface area contributed by atoms with Crippen LogP contribution < -0.4 is 10.6 Å². The average molecular weight is 382 g/mol. The maximum absolute atomic E-state index is 13.2. The van der Waals surface area contributed by atoms with Crippen LogP contribution in [-0.2, 0) is 11.2 Å². The summed E-state index contributed by atoms with van der Waals surface area (Å²) in [5, 5.41) is 5.99. The molecule has 0 spiro atoms. The van der Waals surface area contributed by atoms with Crippen LogP contribution in [0.1, 0.15) is 60.0 Å². The first-order valence-corrected chi connectivity index (χ1v) is 9.97. The van der Waals surface area contributed by atoms with Crippen LogP contribution in [0.25, 0.3) is 0 Å². The molecule has 3 rings (SSSR count). The fraction of sp³-hybridized carbons (Fsp3) is 0.391. The standard InChI is InChI=1S/C23H27FN2O2/c1-16-14-18(23(28)25-20-8-3-2-4-9-20)11-12-21(16)26-22(27)13-10-17-6-5-7-19(24)15-17/h5-7,11-12,14-15,20H,2-4,8-10,13H2,1H3,(H,25,28)(H,26,27). The summed E-state index contributed by atoms with van der Waals surface area (Å²) in [5.41, 5.74) is 2.94. The van der Waals surface area contributed by atoms with Crippen LogP contribution in [0.5, 0.6) is 0 Å². The molecule has 0 heterocycles. The van der Waals surface area contributed by atoms with Gasteiger partial charge in [0.15, 0.2) is 0 Å². The van der Waals surface area contributed by atoms with Crippen molar-refractivity contribution in [2.75, 3.05) is 5.32 Å². The molecule has 2 amide bonds. The Morgan fingerprint density at radius 1 is 1.07 bits per heavy atom. The Labute approximate surface area is 165 Å². The maximum Gasteiger partial charge on any atom is 0.251 e. The Bertz CT molecular complexity index is 844. The van der Waals surface area contributed by atoms with Crippen LogP contribution in [0, 0.1) is 12.7 Å². The van der Waals surface area contributed by atoms with Crippen molar-refractivity contribution in [2.45, 2.75) is 57.9 Å². The molecule has 28 heavy (non-hydrogen) atoms. The predicted molar refractivity (Wildman–Crippen MR) is 109 cm³/mol. The molecule has 0 bridgehead atoms. The molecule has 1 fully saturated rings. The lowest BCUT2D eigenvalue weighted by Gasteiger charge is -2.23. The minimum atomic E-state index is -0.296. The van der Waals surface area contributed by atoms with Crippen molar-refractivity contribution >= 4 is 17.5 Å². The first kappa shape index (κ1) is 20.1. The first-order valence-electron chi connectivity index (χ1n) is 9.97. The number of carbonyl (C=O) groups is 2. The Morgan fingerprint density at radius 2 is 1.86 bits per heavy atom. The summed E-state index contributed by atoms with van der Waals surface area (Å²) in [5.74, 6) is -0.485. The number of carbonyl (C=O) groups excluding carboxylic acids is 2. The summed E-state index contributed by atoms with van der Waals surface area (Å²) in [6.45, 7) is 1.87. The van der Waals surface area contributed by atoms with Crippen LogP contribution in [-0.4, -0.2) is 17.9 Å². The fourth-order valence-corrected chi connectivity index (χ4v) is 3.62.